The second-order valence-electron chi connectivity index (χ2n) is 6.39. The van der Waals surface area contributed by atoms with Crippen molar-refractivity contribution < 1.29 is 9.84 Å². The van der Waals surface area contributed by atoms with E-state index in [0.29, 0.717) is 5.88 Å². The third-order valence-electron chi connectivity index (χ3n) is 4.24. The molecule has 3 N–H and O–H groups in total. The zero-order chi connectivity index (χ0) is 18.4. The van der Waals surface area contributed by atoms with Crippen LogP contribution in [-0.4, -0.2) is 22.4 Å². The molecule has 0 radical (unpaired) electrons. The molecule has 2 heterocycles. The van der Waals surface area contributed by atoms with Crippen molar-refractivity contribution in [2.75, 3.05) is 0 Å². The van der Waals surface area contributed by atoms with Crippen LogP contribution < -0.4 is 5.32 Å². The van der Waals surface area contributed by atoms with Crippen molar-refractivity contribution in [2.24, 2.45) is 4.99 Å². The lowest BCUT2D eigenvalue weighted by Gasteiger charge is -2.18. The fourth-order valence-corrected chi connectivity index (χ4v) is 2.91. The summed E-state index contributed by atoms with van der Waals surface area (Å²) in [6.45, 7) is 3.75. The van der Waals surface area contributed by atoms with Crippen molar-refractivity contribution in [3.63, 3.8) is 0 Å². The minimum absolute atomic E-state index is 0.0592. The maximum absolute atomic E-state index is 9.71. The lowest BCUT2D eigenvalue weighted by atomic mass is 10.1. The second-order valence-corrected chi connectivity index (χ2v) is 6.39. The average Bonchev–Trinajstić information content (AvgIpc) is 3.05. The van der Waals surface area contributed by atoms with Crippen LogP contribution in [0.5, 0.6) is 0 Å². The standard InChI is InChI=1S/C21H25N3O2/c1-15(25)13-20(24-16(2)17-7-4-3-5-8-17)26-12-10-18-14-23-21-19(18)9-6-11-22-21/h3-5,7-8,10-16,23-25H,6,9H2,1-2H3/b12-10-,20-13-. The van der Waals surface area contributed by atoms with Crippen LogP contribution in [0, 0.1) is 0 Å². The van der Waals surface area contributed by atoms with E-state index in [2.05, 4.69) is 34.3 Å². The molecule has 0 bridgehead atoms. The number of hydrogen-bond donors (Lipinski definition) is 3. The number of aliphatic imine (C=N–C) groups is 1. The number of ether oxygens (including phenoxy) is 1. The molecule has 1 aliphatic heterocycles. The predicted molar refractivity (Wildman–Crippen MR) is 105 cm³/mol. The van der Waals surface area contributed by atoms with E-state index in [1.54, 1.807) is 19.3 Å². The molecule has 3 rings (SSSR count). The molecule has 2 atom stereocenters. The largest absolute Gasteiger partial charge is 0.449 e. The van der Waals surface area contributed by atoms with Gasteiger partial charge >= 0.3 is 0 Å². The van der Waals surface area contributed by atoms with Crippen LogP contribution in [0.15, 0.2) is 59.7 Å². The van der Waals surface area contributed by atoms with Crippen molar-refractivity contribution >= 4 is 18.1 Å². The number of benzene rings is 1. The highest BCUT2D eigenvalue weighted by Crippen LogP contribution is 2.27. The monoisotopic (exact) mass is 351 g/mol. The van der Waals surface area contributed by atoms with Gasteiger partial charge in [-0.25, -0.2) is 4.99 Å². The van der Waals surface area contributed by atoms with E-state index in [4.69, 9.17) is 4.74 Å². The van der Waals surface area contributed by atoms with Gasteiger partial charge in [0.25, 0.3) is 0 Å². The fourth-order valence-electron chi connectivity index (χ4n) is 2.91. The van der Waals surface area contributed by atoms with Crippen LogP contribution in [-0.2, 0) is 11.2 Å². The lowest BCUT2D eigenvalue weighted by Crippen LogP contribution is -2.20. The smallest absolute Gasteiger partial charge is 0.191 e. The van der Waals surface area contributed by atoms with Crippen molar-refractivity contribution in [3.8, 4) is 0 Å². The Labute approximate surface area is 154 Å². The van der Waals surface area contributed by atoms with E-state index in [9.17, 15) is 5.11 Å². The summed E-state index contributed by atoms with van der Waals surface area (Å²) in [7, 11) is 0. The SMILES string of the molecule is CC(O)/C=C(/NC(C)c1ccccc1)O/C=C\c1c[nH]c2c1CCC=N2. The first-order valence-corrected chi connectivity index (χ1v) is 8.91. The van der Waals surface area contributed by atoms with Gasteiger partial charge in [0, 0.05) is 29.6 Å². The van der Waals surface area contributed by atoms with Gasteiger partial charge < -0.3 is 20.1 Å². The molecular weight excluding hydrogens is 326 g/mol. The van der Waals surface area contributed by atoms with E-state index in [1.165, 1.54) is 5.56 Å². The van der Waals surface area contributed by atoms with Gasteiger partial charge in [-0.3, -0.25) is 0 Å². The van der Waals surface area contributed by atoms with Crippen molar-refractivity contribution in [1.29, 1.82) is 0 Å². The van der Waals surface area contributed by atoms with Crippen LogP contribution in [0.3, 0.4) is 0 Å². The zero-order valence-corrected chi connectivity index (χ0v) is 15.1. The van der Waals surface area contributed by atoms with Crippen LogP contribution in [0.2, 0.25) is 0 Å². The first-order chi connectivity index (χ1) is 12.6. The maximum Gasteiger partial charge on any atom is 0.191 e. The van der Waals surface area contributed by atoms with Crippen molar-refractivity contribution in [1.82, 2.24) is 10.3 Å². The van der Waals surface area contributed by atoms with Gasteiger partial charge in [-0.2, -0.15) is 0 Å². The molecule has 1 aromatic heterocycles. The second kappa shape index (κ2) is 8.54. The number of nitrogens with one attached hydrogen (secondary N) is 2. The molecule has 0 aliphatic carbocycles. The molecule has 0 saturated carbocycles. The quantitative estimate of drug-likeness (QED) is 0.654. The topological polar surface area (TPSA) is 69.6 Å². The number of aliphatic hydroxyl groups is 1. The molecule has 5 heteroatoms. The molecule has 2 aromatic rings. The molecule has 1 aliphatic rings. The number of aromatic nitrogens is 1. The Morgan fingerprint density at radius 1 is 1.31 bits per heavy atom. The minimum Gasteiger partial charge on any atom is -0.449 e. The van der Waals surface area contributed by atoms with Crippen LogP contribution in [0.25, 0.3) is 6.08 Å². The summed E-state index contributed by atoms with van der Waals surface area (Å²) < 4.78 is 5.77. The van der Waals surface area contributed by atoms with Gasteiger partial charge in [-0.1, -0.05) is 30.3 Å². The van der Waals surface area contributed by atoms with E-state index < -0.39 is 6.10 Å². The van der Waals surface area contributed by atoms with Gasteiger partial charge in [0.2, 0.25) is 0 Å². The van der Waals surface area contributed by atoms with Crippen LogP contribution in [0.1, 0.15) is 43.0 Å². The Bertz CT molecular complexity index is 804. The molecule has 2 unspecified atom stereocenters. The summed E-state index contributed by atoms with van der Waals surface area (Å²) in [5, 5.41) is 13.0. The zero-order valence-electron chi connectivity index (χ0n) is 15.1. The number of fused-ring (bicyclic) bond motifs is 1. The summed E-state index contributed by atoms with van der Waals surface area (Å²) in [6, 6.07) is 10.2. The Hall–Kier alpha value is -2.79. The van der Waals surface area contributed by atoms with E-state index in [-0.39, 0.29) is 6.04 Å². The number of H-pyrrole nitrogens is 1. The Balaban J connectivity index is 1.67. The van der Waals surface area contributed by atoms with Gasteiger partial charge in [0.1, 0.15) is 5.82 Å². The molecule has 0 spiro atoms. The van der Waals surface area contributed by atoms with Crippen molar-refractivity contribution in [3.05, 3.63) is 71.4 Å². The summed E-state index contributed by atoms with van der Waals surface area (Å²) in [6.07, 6.45) is 10.4. The minimum atomic E-state index is -0.608. The normalized spacial score (nSPS) is 16.3. The maximum atomic E-state index is 9.71. The number of aliphatic hydroxyl groups excluding tert-OH is 1. The number of hydrogen-bond acceptors (Lipinski definition) is 4. The fraction of sp³-hybridized carbons (Fsp3) is 0.286. The predicted octanol–water partition coefficient (Wildman–Crippen LogP) is 4.22. The van der Waals surface area contributed by atoms with Gasteiger partial charge in [0.15, 0.2) is 5.88 Å². The summed E-state index contributed by atoms with van der Waals surface area (Å²) in [5.41, 5.74) is 3.43. The third kappa shape index (κ3) is 4.64. The summed E-state index contributed by atoms with van der Waals surface area (Å²) in [5.74, 6) is 1.45. The third-order valence-corrected chi connectivity index (χ3v) is 4.24. The van der Waals surface area contributed by atoms with E-state index in [0.717, 1.165) is 29.8 Å². The van der Waals surface area contributed by atoms with Crippen LogP contribution >= 0.6 is 0 Å². The Kier molecular flexibility index (Phi) is 5.92. The number of rotatable bonds is 7. The highest BCUT2D eigenvalue weighted by Gasteiger charge is 2.11. The average molecular weight is 351 g/mol. The molecular formula is C21H25N3O2. The van der Waals surface area contributed by atoms with E-state index >= 15 is 0 Å². The van der Waals surface area contributed by atoms with Gasteiger partial charge in [-0.05, 0) is 38.3 Å². The molecule has 0 saturated heterocycles. The number of nitrogens with zero attached hydrogens (tertiary/aromatic N) is 1. The first kappa shape index (κ1) is 18.0. The highest BCUT2D eigenvalue weighted by molar-refractivity contribution is 5.71. The molecule has 5 nitrogen and oxygen atoms in total. The van der Waals surface area contributed by atoms with Gasteiger partial charge in [0.05, 0.1) is 18.4 Å². The van der Waals surface area contributed by atoms with Gasteiger partial charge in [-0.15, -0.1) is 0 Å². The number of aromatic amines is 1. The summed E-state index contributed by atoms with van der Waals surface area (Å²) >= 11 is 0. The molecule has 0 amide bonds. The lowest BCUT2D eigenvalue weighted by molar-refractivity contribution is 0.227. The Morgan fingerprint density at radius 3 is 2.88 bits per heavy atom. The molecule has 0 fully saturated rings. The highest BCUT2D eigenvalue weighted by atomic mass is 16.5. The summed E-state index contributed by atoms with van der Waals surface area (Å²) in [4.78, 5) is 7.53. The van der Waals surface area contributed by atoms with E-state index in [1.807, 2.05) is 36.7 Å². The van der Waals surface area contributed by atoms with Crippen LogP contribution in [0.4, 0.5) is 5.82 Å². The molecule has 1 aromatic carbocycles. The van der Waals surface area contributed by atoms with Crippen molar-refractivity contribution in [2.45, 2.75) is 38.8 Å². The first-order valence-electron chi connectivity index (χ1n) is 8.91. The molecule has 136 valence electrons. The molecule has 26 heavy (non-hydrogen) atoms. The Morgan fingerprint density at radius 2 is 2.12 bits per heavy atom.